The predicted octanol–water partition coefficient (Wildman–Crippen LogP) is 2.32. The van der Waals surface area contributed by atoms with E-state index in [1.54, 1.807) is 16.3 Å². The molecule has 24 heavy (non-hydrogen) atoms. The van der Waals surface area contributed by atoms with Crippen LogP contribution in [-0.4, -0.2) is 41.4 Å². The molecule has 1 amide bonds. The summed E-state index contributed by atoms with van der Waals surface area (Å²) >= 11 is 1.64. The number of aryl methyl sites for hydroxylation is 1. The standard InChI is InChI=1S/C18H21N3O2S/c1-13-4-6-14(7-5-13)15-11-16(17-3-2-10-24-17)21(20-15)18(23)12-19-8-9-22/h2-7,10,16,19,22H,8-9,11-12H2,1H3/t16-/m1/s1. The first-order valence-electron chi connectivity index (χ1n) is 8.00. The molecule has 2 heterocycles. The Labute approximate surface area is 145 Å². The number of hydrogen-bond donors (Lipinski definition) is 2. The topological polar surface area (TPSA) is 64.9 Å². The Morgan fingerprint density at radius 1 is 1.38 bits per heavy atom. The van der Waals surface area contributed by atoms with Crippen LogP contribution in [0.5, 0.6) is 0 Å². The van der Waals surface area contributed by atoms with Gasteiger partial charge in [-0.05, 0) is 23.9 Å². The van der Waals surface area contributed by atoms with Gasteiger partial charge >= 0.3 is 0 Å². The molecular formula is C18H21N3O2S. The number of carbonyl (C=O) groups excluding carboxylic acids is 1. The van der Waals surface area contributed by atoms with Crippen molar-refractivity contribution in [1.29, 1.82) is 0 Å². The van der Waals surface area contributed by atoms with Crippen LogP contribution in [0.25, 0.3) is 0 Å². The number of nitrogens with zero attached hydrogens (tertiary/aromatic N) is 2. The molecule has 0 radical (unpaired) electrons. The van der Waals surface area contributed by atoms with Crippen molar-refractivity contribution in [3.8, 4) is 0 Å². The van der Waals surface area contributed by atoms with Crippen molar-refractivity contribution in [1.82, 2.24) is 10.3 Å². The van der Waals surface area contributed by atoms with E-state index in [0.717, 1.165) is 22.6 Å². The Kier molecular flexibility index (Phi) is 5.40. The van der Waals surface area contributed by atoms with Crippen LogP contribution in [0.15, 0.2) is 46.9 Å². The lowest BCUT2D eigenvalue weighted by molar-refractivity contribution is -0.132. The fourth-order valence-corrected chi connectivity index (χ4v) is 3.53. The number of amides is 1. The average molecular weight is 343 g/mol. The van der Waals surface area contributed by atoms with Crippen LogP contribution in [0.3, 0.4) is 0 Å². The summed E-state index contributed by atoms with van der Waals surface area (Å²) in [6.07, 6.45) is 0.718. The molecule has 1 atom stereocenters. The number of aliphatic hydroxyl groups is 1. The van der Waals surface area contributed by atoms with Crippen LogP contribution in [0, 0.1) is 6.92 Å². The SMILES string of the molecule is Cc1ccc(C2=NN(C(=O)CNCCO)[C@@H](c3cccs3)C2)cc1. The highest BCUT2D eigenvalue weighted by Crippen LogP contribution is 2.35. The molecule has 5 nitrogen and oxygen atoms in total. The fourth-order valence-electron chi connectivity index (χ4n) is 2.72. The van der Waals surface area contributed by atoms with E-state index in [4.69, 9.17) is 5.11 Å². The molecule has 1 aromatic heterocycles. The van der Waals surface area contributed by atoms with Gasteiger partial charge in [-0.25, -0.2) is 5.01 Å². The predicted molar refractivity (Wildman–Crippen MR) is 96.2 cm³/mol. The lowest BCUT2D eigenvalue weighted by Crippen LogP contribution is -2.36. The molecule has 1 aromatic carbocycles. The first-order chi connectivity index (χ1) is 11.7. The maximum Gasteiger partial charge on any atom is 0.257 e. The van der Waals surface area contributed by atoms with Gasteiger partial charge in [0.2, 0.25) is 0 Å². The lowest BCUT2D eigenvalue weighted by atomic mass is 10.0. The van der Waals surface area contributed by atoms with Crippen LogP contribution in [0.4, 0.5) is 0 Å². The summed E-state index contributed by atoms with van der Waals surface area (Å²) in [5, 5.41) is 20.0. The first kappa shape index (κ1) is 16.8. The Morgan fingerprint density at radius 3 is 2.83 bits per heavy atom. The van der Waals surface area contributed by atoms with Crippen LogP contribution >= 0.6 is 11.3 Å². The summed E-state index contributed by atoms with van der Waals surface area (Å²) in [5.41, 5.74) is 3.19. The van der Waals surface area contributed by atoms with Gasteiger partial charge in [-0.3, -0.25) is 4.79 Å². The molecule has 1 aliphatic heterocycles. The summed E-state index contributed by atoms with van der Waals surface area (Å²) in [7, 11) is 0. The Balaban J connectivity index is 1.82. The summed E-state index contributed by atoms with van der Waals surface area (Å²) in [6, 6.07) is 12.2. The van der Waals surface area contributed by atoms with Crippen molar-refractivity contribution in [3.63, 3.8) is 0 Å². The second kappa shape index (κ2) is 7.70. The van der Waals surface area contributed by atoms with Gasteiger partial charge in [-0.15, -0.1) is 11.3 Å². The fraction of sp³-hybridized carbons (Fsp3) is 0.333. The van der Waals surface area contributed by atoms with Crippen molar-refractivity contribution >= 4 is 23.0 Å². The highest BCUT2D eigenvalue weighted by Gasteiger charge is 2.33. The van der Waals surface area contributed by atoms with Gasteiger partial charge < -0.3 is 10.4 Å². The minimum absolute atomic E-state index is 0.0134. The number of rotatable bonds is 6. The third-order valence-electron chi connectivity index (χ3n) is 3.99. The average Bonchev–Trinajstić information content (AvgIpc) is 3.25. The molecular weight excluding hydrogens is 322 g/mol. The number of hydrogen-bond acceptors (Lipinski definition) is 5. The maximum atomic E-state index is 12.5. The molecule has 0 unspecified atom stereocenters. The van der Waals surface area contributed by atoms with Gasteiger partial charge in [-0.2, -0.15) is 5.10 Å². The van der Waals surface area contributed by atoms with Crippen LogP contribution < -0.4 is 5.32 Å². The normalized spacial score (nSPS) is 17.2. The maximum absolute atomic E-state index is 12.5. The molecule has 0 bridgehead atoms. The zero-order chi connectivity index (χ0) is 16.9. The van der Waals surface area contributed by atoms with Crippen LogP contribution in [0.2, 0.25) is 0 Å². The first-order valence-corrected chi connectivity index (χ1v) is 8.88. The van der Waals surface area contributed by atoms with E-state index in [9.17, 15) is 4.79 Å². The number of carbonyl (C=O) groups is 1. The van der Waals surface area contributed by atoms with Gasteiger partial charge in [0.05, 0.1) is 24.9 Å². The zero-order valence-electron chi connectivity index (χ0n) is 13.6. The Bertz CT molecular complexity index is 710. The lowest BCUT2D eigenvalue weighted by Gasteiger charge is -2.20. The van der Waals surface area contributed by atoms with E-state index in [2.05, 4.69) is 41.6 Å². The molecule has 2 aromatic rings. The smallest absolute Gasteiger partial charge is 0.257 e. The number of benzene rings is 1. The van der Waals surface area contributed by atoms with E-state index < -0.39 is 0 Å². The summed E-state index contributed by atoms with van der Waals surface area (Å²) in [5.74, 6) is -0.0797. The van der Waals surface area contributed by atoms with E-state index in [1.807, 2.05) is 17.5 Å². The largest absolute Gasteiger partial charge is 0.395 e. The molecule has 0 saturated carbocycles. The molecule has 0 spiro atoms. The minimum Gasteiger partial charge on any atom is -0.395 e. The van der Waals surface area contributed by atoms with E-state index in [-0.39, 0.29) is 25.1 Å². The number of thiophene rings is 1. The summed E-state index contributed by atoms with van der Waals surface area (Å²) in [4.78, 5) is 13.7. The van der Waals surface area contributed by atoms with Crippen LogP contribution in [0.1, 0.15) is 28.5 Å². The van der Waals surface area contributed by atoms with Gasteiger partial charge in [0.15, 0.2) is 0 Å². The van der Waals surface area contributed by atoms with Gasteiger partial charge in [-0.1, -0.05) is 35.9 Å². The van der Waals surface area contributed by atoms with Crippen molar-refractivity contribution < 1.29 is 9.90 Å². The molecule has 0 saturated heterocycles. The van der Waals surface area contributed by atoms with Gasteiger partial charge in [0.1, 0.15) is 0 Å². The third kappa shape index (κ3) is 3.72. The van der Waals surface area contributed by atoms with E-state index in [1.165, 1.54) is 5.56 Å². The highest BCUT2D eigenvalue weighted by atomic mass is 32.1. The minimum atomic E-state index is -0.0797. The van der Waals surface area contributed by atoms with Crippen molar-refractivity contribution in [3.05, 3.63) is 57.8 Å². The van der Waals surface area contributed by atoms with Gasteiger partial charge in [0, 0.05) is 17.8 Å². The quantitative estimate of drug-likeness (QED) is 0.791. The van der Waals surface area contributed by atoms with Gasteiger partial charge in [0.25, 0.3) is 5.91 Å². The Hall–Kier alpha value is -2.02. The number of hydrazone groups is 1. The highest BCUT2D eigenvalue weighted by molar-refractivity contribution is 7.10. The van der Waals surface area contributed by atoms with Crippen molar-refractivity contribution in [2.24, 2.45) is 5.10 Å². The molecule has 6 heteroatoms. The molecule has 0 fully saturated rings. The van der Waals surface area contributed by atoms with E-state index in [0.29, 0.717) is 6.54 Å². The van der Waals surface area contributed by atoms with Crippen molar-refractivity contribution in [2.45, 2.75) is 19.4 Å². The molecule has 126 valence electrons. The molecule has 1 aliphatic rings. The van der Waals surface area contributed by atoms with Crippen molar-refractivity contribution in [2.75, 3.05) is 19.7 Å². The third-order valence-corrected chi connectivity index (χ3v) is 4.96. The zero-order valence-corrected chi connectivity index (χ0v) is 14.4. The monoisotopic (exact) mass is 343 g/mol. The Morgan fingerprint density at radius 2 is 2.17 bits per heavy atom. The molecule has 0 aliphatic carbocycles. The summed E-state index contributed by atoms with van der Waals surface area (Å²) < 4.78 is 0. The van der Waals surface area contributed by atoms with Crippen LogP contribution in [-0.2, 0) is 4.79 Å². The molecule has 3 rings (SSSR count). The number of aliphatic hydroxyl groups excluding tert-OH is 1. The summed E-state index contributed by atoms with van der Waals surface area (Å²) in [6.45, 7) is 2.64. The number of nitrogens with one attached hydrogen (secondary N) is 1. The molecule has 2 N–H and O–H groups in total. The van der Waals surface area contributed by atoms with E-state index >= 15 is 0 Å². The second-order valence-corrected chi connectivity index (χ2v) is 6.77. The second-order valence-electron chi connectivity index (χ2n) is 5.79.